The summed E-state index contributed by atoms with van der Waals surface area (Å²) >= 11 is 2.09. The summed E-state index contributed by atoms with van der Waals surface area (Å²) in [4.78, 5) is 2.69. The van der Waals surface area contributed by atoms with Gasteiger partial charge in [0.05, 0.1) is 0 Å². The van der Waals surface area contributed by atoms with Crippen molar-refractivity contribution in [2.45, 2.75) is 38.1 Å². The summed E-state index contributed by atoms with van der Waals surface area (Å²) in [5.41, 5.74) is 6.44. The molecule has 2 rings (SSSR count). The summed E-state index contributed by atoms with van der Waals surface area (Å²) in [7, 11) is 0. The maximum atomic E-state index is 6.07. The van der Waals surface area contributed by atoms with Crippen LogP contribution in [0.4, 0.5) is 0 Å². The molecule has 2 N–H and O–H groups in total. The van der Waals surface area contributed by atoms with Gasteiger partial charge in [0.25, 0.3) is 0 Å². The molecule has 0 amide bonds. The first-order valence-electron chi connectivity index (χ1n) is 6.33. The Balaban J connectivity index is 2.01. The van der Waals surface area contributed by atoms with E-state index in [1.807, 2.05) is 0 Å². The lowest BCUT2D eigenvalue weighted by atomic mass is 9.92. The Bertz CT molecular complexity index is 204. The SMILES string of the molecule is CCC1CCC(CN)(N2CCSCC2)C1. The third kappa shape index (κ3) is 2.34. The molecule has 2 nitrogen and oxygen atoms in total. The fourth-order valence-corrected chi connectivity index (χ4v) is 4.11. The molecule has 2 unspecified atom stereocenters. The number of hydrogen-bond donors (Lipinski definition) is 1. The van der Waals surface area contributed by atoms with E-state index in [9.17, 15) is 0 Å². The van der Waals surface area contributed by atoms with Crippen molar-refractivity contribution in [1.82, 2.24) is 4.90 Å². The van der Waals surface area contributed by atoms with Crippen LogP contribution in [-0.4, -0.2) is 41.6 Å². The predicted octanol–water partition coefficient (Wildman–Crippen LogP) is 1.94. The van der Waals surface area contributed by atoms with Crippen LogP contribution in [0.3, 0.4) is 0 Å². The molecule has 1 aliphatic carbocycles. The molecule has 2 aliphatic rings. The number of hydrogen-bond acceptors (Lipinski definition) is 3. The van der Waals surface area contributed by atoms with Crippen molar-refractivity contribution in [3.05, 3.63) is 0 Å². The molecule has 1 aliphatic heterocycles. The van der Waals surface area contributed by atoms with Gasteiger partial charge in [-0.05, 0) is 25.2 Å². The molecule has 2 fully saturated rings. The lowest BCUT2D eigenvalue weighted by Crippen LogP contribution is -2.55. The van der Waals surface area contributed by atoms with Crippen molar-refractivity contribution in [3.8, 4) is 0 Å². The van der Waals surface area contributed by atoms with E-state index >= 15 is 0 Å². The second-order valence-electron chi connectivity index (χ2n) is 5.04. The zero-order chi connectivity index (χ0) is 10.7. The predicted molar refractivity (Wildman–Crippen MR) is 68.3 cm³/mol. The van der Waals surface area contributed by atoms with Gasteiger partial charge in [0, 0.05) is 36.7 Å². The summed E-state index contributed by atoms with van der Waals surface area (Å²) in [6.45, 7) is 5.72. The highest BCUT2D eigenvalue weighted by molar-refractivity contribution is 7.99. The van der Waals surface area contributed by atoms with Crippen molar-refractivity contribution in [2.75, 3.05) is 31.1 Å². The summed E-state index contributed by atoms with van der Waals surface area (Å²) in [6.07, 6.45) is 5.43. The summed E-state index contributed by atoms with van der Waals surface area (Å²) in [6, 6.07) is 0. The van der Waals surface area contributed by atoms with Crippen molar-refractivity contribution in [2.24, 2.45) is 11.7 Å². The van der Waals surface area contributed by atoms with E-state index < -0.39 is 0 Å². The maximum absolute atomic E-state index is 6.07. The van der Waals surface area contributed by atoms with Crippen LogP contribution >= 0.6 is 11.8 Å². The summed E-state index contributed by atoms with van der Waals surface area (Å²) in [5.74, 6) is 3.54. The standard InChI is InChI=1S/C12H24N2S/c1-2-11-3-4-12(9-11,10-13)14-5-7-15-8-6-14/h11H,2-10,13H2,1H3. The van der Waals surface area contributed by atoms with Gasteiger partial charge in [-0.15, -0.1) is 0 Å². The number of rotatable bonds is 3. The average molecular weight is 228 g/mol. The smallest absolute Gasteiger partial charge is 0.0335 e. The fourth-order valence-electron chi connectivity index (χ4n) is 3.20. The molecule has 0 radical (unpaired) electrons. The third-order valence-corrected chi connectivity index (χ3v) is 5.27. The second kappa shape index (κ2) is 5.07. The van der Waals surface area contributed by atoms with E-state index in [1.54, 1.807) is 0 Å². The van der Waals surface area contributed by atoms with Crippen molar-refractivity contribution >= 4 is 11.8 Å². The topological polar surface area (TPSA) is 29.3 Å². The molecule has 0 spiro atoms. The summed E-state index contributed by atoms with van der Waals surface area (Å²) in [5, 5.41) is 0. The average Bonchev–Trinajstić information content (AvgIpc) is 2.75. The number of nitrogens with two attached hydrogens (primary N) is 1. The highest BCUT2D eigenvalue weighted by Gasteiger charge is 2.42. The zero-order valence-corrected chi connectivity index (χ0v) is 10.7. The maximum Gasteiger partial charge on any atom is 0.0335 e. The molecule has 88 valence electrons. The van der Waals surface area contributed by atoms with E-state index in [-0.39, 0.29) is 0 Å². The Hall–Kier alpha value is 0.270. The molecule has 2 atom stereocenters. The van der Waals surface area contributed by atoms with Crippen LogP contribution < -0.4 is 5.73 Å². The highest BCUT2D eigenvalue weighted by atomic mass is 32.2. The Morgan fingerprint density at radius 3 is 2.67 bits per heavy atom. The molecule has 0 aromatic rings. The summed E-state index contributed by atoms with van der Waals surface area (Å²) < 4.78 is 0. The number of nitrogens with zero attached hydrogens (tertiary/aromatic N) is 1. The molecule has 0 bridgehead atoms. The van der Waals surface area contributed by atoms with E-state index in [0.29, 0.717) is 5.54 Å². The van der Waals surface area contributed by atoms with Gasteiger partial charge in [-0.1, -0.05) is 13.3 Å². The van der Waals surface area contributed by atoms with E-state index in [0.717, 1.165) is 12.5 Å². The molecule has 0 aromatic carbocycles. The molecule has 15 heavy (non-hydrogen) atoms. The van der Waals surface area contributed by atoms with Gasteiger partial charge in [0.1, 0.15) is 0 Å². The van der Waals surface area contributed by atoms with Crippen LogP contribution in [0.5, 0.6) is 0 Å². The third-order valence-electron chi connectivity index (χ3n) is 4.33. The quantitative estimate of drug-likeness (QED) is 0.800. The molecule has 1 saturated carbocycles. The van der Waals surface area contributed by atoms with Gasteiger partial charge in [-0.25, -0.2) is 0 Å². The first kappa shape index (κ1) is 11.7. The van der Waals surface area contributed by atoms with Gasteiger partial charge in [0.15, 0.2) is 0 Å². The van der Waals surface area contributed by atoms with Crippen LogP contribution in [-0.2, 0) is 0 Å². The van der Waals surface area contributed by atoms with Gasteiger partial charge in [0.2, 0.25) is 0 Å². The Morgan fingerprint density at radius 1 is 1.40 bits per heavy atom. The van der Waals surface area contributed by atoms with Gasteiger partial charge in [-0.3, -0.25) is 4.90 Å². The molecule has 1 heterocycles. The van der Waals surface area contributed by atoms with E-state index in [1.165, 1.54) is 50.3 Å². The van der Waals surface area contributed by atoms with Crippen LogP contribution in [0.1, 0.15) is 32.6 Å². The van der Waals surface area contributed by atoms with E-state index in [2.05, 4.69) is 23.6 Å². The van der Waals surface area contributed by atoms with Crippen LogP contribution in [0.2, 0.25) is 0 Å². The molecular weight excluding hydrogens is 204 g/mol. The van der Waals surface area contributed by atoms with Crippen molar-refractivity contribution in [1.29, 1.82) is 0 Å². The molecule has 0 aromatic heterocycles. The first-order valence-corrected chi connectivity index (χ1v) is 7.49. The fraction of sp³-hybridized carbons (Fsp3) is 1.00. The Morgan fingerprint density at radius 2 is 2.13 bits per heavy atom. The molecular formula is C12H24N2S. The van der Waals surface area contributed by atoms with Crippen molar-refractivity contribution in [3.63, 3.8) is 0 Å². The van der Waals surface area contributed by atoms with Crippen LogP contribution in [0.25, 0.3) is 0 Å². The molecule has 1 saturated heterocycles. The monoisotopic (exact) mass is 228 g/mol. The van der Waals surface area contributed by atoms with Gasteiger partial charge >= 0.3 is 0 Å². The molecule has 3 heteroatoms. The minimum atomic E-state index is 0.377. The van der Waals surface area contributed by atoms with Crippen LogP contribution in [0, 0.1) is 5.92 Å². The minimum absolute atomic E-state index is 0.377. The largest absolute Gasteiger partial charge is 0.329 e. The van der Waals surface area contributed by atoms with Crippen molar-refractivity contribution < 1.29 is 0 Å². The number of thioether (sulfide) groups is 1. The zero-order valence-electron chi connectivity index (χ0n) is 9.87. The van der Waals surface area contributed by atoms with Gasteiger partial charge in [-0.2, -0.15) is 11.8 Å². The lowest BCUT2D eigenvalue weighted by Gasteiger charge is -2.43. The second-order valence-corrected chi connectivity index (χ2v) is 6.27. The van der Waals surface area contributed by atoms with Crippen LogP contribution in [0.15, 0.2) is 0 Å². The minimum Gasteiger partial charge on any atom is -0.329 e. The normalized spacial score (nSPS) is 38.4. The Kier molecular flexibility index (Phi) is 3.97. The Labute approximate surface area is 98.0 Å². The van der Waals surface area contributed by atoms with E-state index in [4.69, 9.17) is 5.73 Å². The van der Waals surface area contributed by atoms with Gasteiger partial charge < -0.3 is 5.73 Å². The lowest BCUT2D eigenvalue weighted by molar-refractivity contribution is 0.107. The first-order chi connectivity index (χ1) is 7.30. The highest BCUT2D eigenvalue weighted by Crippen LogP contribution is 2.40.